The molecule has 1 heterocycles. The zero-order valence-corrected chi connectivity index (χ0v) is 11.0. The third kappa shape index (κ3) is 2.63. The van der Waals surface area contributed by atoms with Gasteiger partial charge in [0, 0.05) is 23.1 Å². The van der Waals surface area contributed by atoms with Crippen molar-refractivity contribution in [2.75, 3.05) is 0 Å². The van der Waals surface area contributed by atoms with Crippen LogP contribution in [0.1, 0.15) is 25.3 Å². The first-order valence-corrected chi connectivity index (χ1v) is 6.71. The van der Waals surface area contributed by atoms with Crippen LogP contribution < -0.4 is 10.5 Å². The number of nitrogens with one attached hydrogen (secondary N) is 1. The summed E-state index contributed by atoms with van der Waals surface area (Å²) in [6.07, 6.45) is 4.70. The van der Waals surface area contributed by atoms with Gasteiger partial charge in [-0.15, -0.1) is 0 Å². The minimum atomic E-state index is -0.108. The van der Waals surface area contributed by atoms with Crippen molar-refractivity contribution in [1.82, 2.24) is 4.98 Å². The highest BCUT2D eigenvalue weighted by molar-refractivity contribution is 5.86. The van der Waals surface area contributed by atoms with Crippen molar-refractivity contribution >= 4 is 16.9 Å². The Hall–Kier alpha value is -1.81. The highest BCUT2D eigenvalue weighted by Gasteiger charge is 2.31. The molecule has 100 valence electrons. The standard InChI is InChI=1S/C15H18N2O2/c1-9(16)6-11-8-17-14-5-4-12(7-13(11)14)19-15(18)10-2-3-10/h4-5,7-10,17H,2-3,6,16H2,1H3. The van der Waals surface area contributed by atoms with E-state index in [4.69, 9.17) is 10.5 Å². The van der Waals surface area contributed by atoms with Crippen molar-refractivity contribution in [2.24, 2.45) is 11.7 Å². The number of benzene rings is 1. The fourth-order valence-electron chi connectivity index (χ4n) is 2.26. The lowest BCUT2D eigenvalue weighted by Gasteiger charge is -2.06. The molecule has 1 atom stereocenters. The molecule has 1 aliphatic rings. The number of ether oxygens (including phenoxy) is 1. The highest BCUT2D eigenvalue weighted by Crippen LogP contribution is 2.32. The monoisotopic (exact) mass is 258 g/mol. The minimum Gasteiger partial charge on any atom is -0.426 e. The fourth-order valence-corrected chi connectivity index (χ4v) is 2.26. The van der Waals surface area contributed by atoms with Gasteiger partial charge in [0.25, 0.3) is 0 Å². The van der Waals surface area contributed by atoms with E-state index >= 15 is 0 Å². The summed E-state index contributed by atoms with van der Waals surface area (Å²) < 4.78 is 5.39. The Kier molecular flexibility index (Phi) is 3.03. The van der Waals surface area contributed by atoms with Crippen LogP contribution in [0.5, 0.6) is 5.75 Å². The van der Waals surface area contributed by atoms with Gasteiger partial charge in [0.15, 0.2) is 0 Å². The molecule has 2 aromatic rings. The second-order valence-electron chi connectivity index (χ2n) is 5.40. The summed E-state index contributed by atoms with van der Waals surface area (Å²) in [6.45, 7) is 1.98. The van der Waals surface area contributed by atoms with Crippen LogP contribution in [0.15, 0.2) is 24.4 Å². The Balaban J connectivity index is 1.87. The summed E-state index contributed by atoms with van der Waals surface area (Å²) in [6, 6.07) is 5.80. The van der Waals surface area contributed by atoms with Crippen LogP contribution in [0, 0.1) is 5.92 Å². The average Bonchev–Trinajstić information content (AvgIpc) is 3.14. The van der Waals surface area contributed by atoms with Crippen LogP contribution in [0.3, 0.4) is 0 Å². The maximum absolute atomic E-state index is 11.7. The summed E-state index contributed by atoms with van der Waals surface area (Å²) >= 11 is 0. The third-order valence-electron chi connectivity index (χ3n) is 3.41. The van der Waals surface area contributed by atoms with Gasteiger partial charge in [-0.2, -0.15) is 0 Å². The quantitative estimate of drug-likeness (QED) is 0.653. The first-order chi connectivity index (χ1) is 9.13. The number of rotatable bonds is 4. The molecule has 1 aromatic carbocycles. The molecule has 4 nitrogen and oxygen atoms in total. The molecule has 0 bridgehead atoms. The van der Waals surface area contributed by atoms with E-state index < -0.39 is 0 Å². The summed E-state index contributed by atoms with van der Waals surface area (Å²) in [5.41, 5.74) is 8.05. The first kappa shape index (κ1) is 12.2. The lowest BCUT2D eigenvalue weighted by atomic mass is 10.1. The van der Waals surface area contributed by atoms with Gasteiger partial charge in [-0.25, -0.2) is 0 Å². The van der Waals surface area contributed by atoms with E-state index in [1.54, 1.807) is 0 Å². The summed E-state index contributed by atoms with van der Waals surface area (Å²) in [5, 5.41) is 1.08. The van der Waals surface area contributed by atoms with E-state index in [1.165, 1.54) is 0 Å². The molecule has 0 amide bonds. The summed E-state index contributed by atoms with van der Waals surface area (Å²) in [5.74, 6) is 0.629. The zero-order chi connectivity index (χ0) is 13.4. The Morgan fingerprint density at radius 1 is 1.53 bits per heavy atom. The summed E-state index contributed by atoms with van der Waals surface area (Å²) in [7, 11) is 0. The topological polar surface area (TPSA) is 68.1 Å². The number of carbonyl (C=O) groups excluding carboxylic acids is 1. The Morgan fingerprint density at radius 3 is 3.00 bits per heavy atom. The van der Waals surface area contributed by atoms with Crippen LogP contribution in [0.2, 0.25) is 0 Å². The molecule has 3 rings (SSSR count). The molecule has 3 N–H and O–H groups in total. The van der Waals surface area contributed by atoms with Crippen molar-refractivity contribution in [3.63, 3.8) is 0 Å². The van der Waals surface area contributed by atoms with Crippen molar-refractivity contribution in [3.05, 3.63) is 30.0 Å². The van der Waals surface area contributed by atoms with Crippen molar-refractivity contribution in [2.45, 2.75) is 32.2 Å². The molecule has 1 unspecified atom stereocenters. The van der Waals surface area contributed by atoms with E-state index in [0.29, 0.717) is 5.75 Å². The minimum absolute atomic E-state index is 0.108. The number of carbonyl (C=O) groups is 1. The molecule has 1 saturated carbocycles. The van der Waals surface area contributed by atoms with E-state index in [9.17, 15) is 4.79 Å². The van der Waals surface area contributed by atoms with E-state index in [0.717, 1.165) is 35.7 Å². The second-order valence-corrected chi connectivity index (χ2v) is 5.40. The van der Waals surface area contributed by atoms with Crippen molar-refractivity contribution in [1.29, 1.82) is 0 Å². The Labute approximate surface area is 111 Å². The zero-order valence-electron chi connectivity index (χ0n) is 11.0. The molecular formula is C15H18N2O2. The molecule has 1 aromatic heterocycles. The molecule has 4 heteroatoms. The molecule has 1 aliphatic carbocycles. The number of fused-ring (bicyclic) bond motifs is 1. The lowest BCUT2D eigenvalue weighted by Crippen LogP contribution is -2.17. The van der Waals surface area contributed by atoms with E-state index in [1.807, 2.05) is 31.3 Å². The molecule has 0 spiro atoms. The van der Waals surface area contributed by atoms with Crippen LogP contribution in [-0.2, 0) is 11.2 Å². The molecular weight excluding hydrogens is 240 g/mol. The largest absolute Gasteiger partial charge is 0.426 e. The summed E-state index contributed by atoms with van der Waals surface area (Å²) in [4.78, 5) is 14.9. The molecule has 0 aliphatic heterocycles. The molecule has 0 radical (unpaired) electrons. The molecule has 19 heavy (non-hydrogen) atoms. The fraction of sp³-hybridized carbons (Fsp3) is 0.400. The predicted molar refractivity (Wildman–Crippen MR) is 74.0 cm³/mol. The normalized spacial score (nSPS) is 16.5. The highest BCUT2D eigenvalue weighted by atomic mass is 16.5. The number of aromatic amines is 1. The average molecular weight is 258 g/mol. The smallest absolute Gasteiger partial charge is 0.314 e. The predicted octanol–water partition coefficient (Wildman–Crippen LogP) is 2.37. The van der Waals surface area contributed by atoms with Gasteiger partial charge in [-0.1, -0.05) is 0 Å². The van der Waals surface area contributed by atoms with Crippen LogP contribution in [0.4, 0.5) is 0 Å². The maximum Gasteiger partial charge on any atom is 0.314 e. The molecule has 0 saturated heterocycles. The van der Waals surface area contributed by atoms with Gasteiger partial charge in [0.2, 0.25) is 0 Å². The van der Waals surface area contributed by atoms with Crippen molar-refractivity contribution < 1.29 is 9.53 Å². The maximum atomic E-state index is 11.7. The number of H-pyrrole nitrogens is 1. The van der Waals surface area contributed by atoms with Gasteiger partial charge in [-0.05, 0) is 49.9 Å². The van der Waals surface area contributed by atoms with E-state index in [2.05, 4.69) is 4.98 Å². The Bertz CT molecular complexity index is 612. The van der Waals surface area contributed by atoms with Gasteiger partial charge >= 0.3 is 5.97 Å². The van der Waals surface area contributed by atoms with Gasteiger partial charge in [-0.3, -0.25) is 4.79 Å². The van der Waals surface area contributed by atoms with Crippen LogP contribution in [-0.4, -0.2) is 17.0 Å². The van der Waals surface area contributed by atoms with Gasteiger partial charge in [0.05, 0.1) is 5.92 Å². The lowest BCUT2D eigenvalue weighted by molar-refractivity contribution is -0.135. The Morgan fingerprint density at radius 2 is 2.32 bits per heavy atom. The number of aromatic nitrogens is 1. The second kappa shape index (κ2) is 4.70. The van der Waals surface area contributed by atoms with Crippen molar-refractivity contribution in [3.8, 4) is 5.75 Å². The molecule has 1 fully saturated rings. The van der Waals surface area contributed by atoms with Gasteiger partial charge in [0.1, 0.15) is 5.75 Å². The first-order valence-electron chi connectivity index (χ1n) is 6.71. The van der Waals surface area contributed by atoms with Crippen LogP contribution >= 0.6 is 0 Å². The SMILES string of the molecule is CC(N)Cc1c[nH]c2ccc(OC(=O)C3CC3)cc12. The van der Waals surface area contributed by atoms with Gasteiger partial charge < -0.3 is 15.5 Å². The number of hydrogen-bond acceptors (Lipinski definition) is 3. The number of nitrogens with two attached hydrogens (primary N) is 1. The van der Waals surface area contributed by atoms with Crippen LogP contribution in [0.25, 0.3) is 10.9 Å². The third-order valence-corrected chi connectivity index (χ3v) is 3.41. The van der Waals surface area contributed by atoms with E-state index in [-0.39, 0.29) is 17.9 Å². The number of esters is 1. The number of hydrogen-bond donors (Lipinski definition) is 2.